The molecule has 0 saturated carbocycles. The minimum absolute atomic E-state index is 0.0486. The second kappa shape index (κ2) is 6.15. The fourth-order valence-electron chi connectivity index (χ4n) is 2.58. The topological polar surface area (TPSA) is 32.3 Å². The predicted molar refractivity (Wildman–Crippen MR) is 73.7 cm³/mol. The maximum atomic E-state index is 13.4. The molecule has 1 aromatic carbocycles. The average Bonchev–Trinajstić information content (AvgIpc) is 2.92. The van der Waals surface area contributed by atoms with Crippen molar-refractivity contribution in [1.82, 2.24) is 10.2 Å². The molecule has 1 amide bonds. The number of rotatable bonds is 4. The monoisotopic (exact) mass is 264 g/mol. The molecule has 104 valence electrons. The first kappa shape index (κ1) is 14.0. The Balaban J connectivity index is 2.25. The molecule has 1 N–H and O–H groups in total. The summed E-state index contributed by atoms with van der Waals surface area (Å²) in [5.74, 6) is -0.400. The first-order valence-electron chi connectivity index (χ1n) is 6.91. The van der Waals surface area contributed by atoms with E-state index in [9.17, 15) is 9.18 Å². The van der Waals surface area contributed by atoms with Gasteiger partial charge < -0.3 is 10.2 Å². The zero-order chi connectivity index (χ0) is 13.8. The van der Waals surface area contributed by atoms with Crippen molar-refractivity contribution in [3.63, 3.8) is 0 Å². The number of carbonyl (C=O) groups is 1. The third-order valence-corrected chi connectivity index (χ3v) is 3.63. The summed E-state index contributed by atoms with van der Waals surface area (Å²) in [6, 6.07) is 4.64. The van der Waals surface area contributed by atoms with Gasteiger partial charge in [0.05, 0.1) is 0 Å². The number of aryl methyl sites for hydroxylation is 1. The third kappa shape index (κ3) is 3.13. The lowest BCUT2D eigenvalue weighted by Gasteiger charge is -2.28. The van der Waals surface area contributed by atoms with Gasteiger partial charge in [0.25, 0.3) is 5.91 Å². The minimum atomic E-state index is -0.352. The largest absolute Gasteiger partial charge is 0.334 e. The molecule has 1 aliphatic heterocycles. The summed E-state index contributed by atoms with van der Waals surface area (Å²) in [4.78, 5) is 14.5. The number of nitrogens with zero attached hydrogens (tertiary/aromatic N) is 1. The Morgan fingerprint density at radius 2 is 2.32 bits per heavy atom. The molecular formula is C15H21FN2O. The Bertz CT molecular complexity index is 455. The third-order valence-electron chi connectivity index (χ3n) is 3.63. The van der Waals surface area contributed by atoms with Crippen LogP contribution in [0.15, 0.2) is 18.2 Å². The Hall–Kier alpha value is -1.42. The van der Waals surface area contributed by atoms with Crippen molar-refractivity contribution in [3.05, 3.63) is 35.1 Å². The van der Waals surface area contributed by atoms with Crippen molar-refractivity contribution in [1.29, 1.82) is 0 Å². The zero-order valence-corrected chi connectivity index (χ0v) is 11.6. The molecule has 1 aromatic rings. The van der Waals surface area contributed by atoms with Crippen LogP contribution in [-0.4, -0.2) is 36.5 Å². The Labute approximate surface area is 113 Å². The highest BCUT2D eigenvalue weighted by Crippen LogP contribution is 2.17. The number of nitrogens with one attached hydrogen (secondary N) is 1. The first-order chi connectivity index (χ1) is 9.13. The summed E-state index contributed by atoms with van der Waals surface area (Å²) in [6.45, 7) is 6.41. The van der Waals surface area contributed by atoms with Crippen molar-refractivity contribution in [2.24, 2.45) is 0 Å². The molecular weight excluding hydrogens is 243 g/mol. The molecule has 1 heterocycles. The number of halogens is 1. The number of amides is 1. The summed E-state index contributed by atoms with van der Waals surface area (Å²) >= 11 is 0. The van der Waals surface area contributed by atoms with E-state index in [1.807, 2.05) is 11.8 Å². The highest BCUT2D eigenvalue weighted by atomic mass is 19.1. The maximum absolute atomic E-state index is 13.4. The van der Waals surface area contributed by atoms with Crippen LogP contribution >= 0.6 is 0 Å². The molecule has 1 unspecified atom stereocenters. The minimum Gasteiger partial charge on any atom is -0.334 e. The molecule has 0 aliphatic carbocycles. The molecule has 1 saturated heterocycles. The van der Waals surface area contributed by atoms with Crippen LogP contribution in [-0.2, 0) is 0 Å². The van der Waals surface area contributed by atoms with Gasteiger partial charge in [-0.1, -0.05) is 13.0 Å². The summed E-state index contributed by atoms with van der Waals surface area (Å²) in [7, 11) is 0. The molecule has 1 atom stereocenters. The van der Waals surface area contributed by atoms with Crippen LogP contribution in [0, 0.1) is 12.7 Å². The Morgan fingerprint density at radius 1 is 1.53 bits per heavy atom. The fourth-order valence-corrected chi connectivity index (χ4v) is 2.58. The van der Waals surface area contributed by atoms with Crippen molar-refractivity contribution < 1.29 is 9.18 Å². The quantitative estimate of drug-likeness (QED) is 0.905. The summed E-state index contributed by atoms with van der Waals surface area (Å²) in [5.41, 5.74) is 1.32. The molecule has 0 bridgehead atoms. The second-order valence-corrected chi connectivity index (χ2v) is 5.10. The normalized spacial score (nSPS) is 18.6. The van der Waals surface area contributed by atoms with Crippen LogP contribution < -0.4 is 5.32 Å². The lowest BCUT2D eigenvalue weighted by Crippen LogP contribution is -2.42. The van der Waals surface area contributed by atoms with Crippen LogP contribution in [0.1, 0.15) is 35.7 Å². The van der Waals surface area contributed by atoms with Gasteiger partial charge in [0, 0.05) is 24.7 Å². The van der Waals surface area contributed by atoms with Crippen LogP contribution in [0.5, 0.6) is 0 Å². The number of carbonyl (C=O) groups excluding carboxylic acids is 1. The van der Waals surface area contributed by atoms with E-state index in [1.54, 1.807) is 6.07 Å². The van der Waals surface area contributed by atoms with Crippen molar-refractivity contribution in [2.75, 3.05) is 19.6 Å². The molecule has 0 spiro atoms. The molecule has 2 rings (SSSR count). The molecule has 1 aliphatic rings. The van der Waals surface area contributed by atoms with Crippen LogP contribution in [0.2, 0.25) is 0 Å². The van der Waals surface area contributed by atoms with Gasteiger partial charge in [-0.15, -0.1) is 0 Å². The summed E-state index contributed by atoms with van der Waals surface area (Å²) in [6.07, 6.45) is 1.89. The fraction of sp³-hybridized carbons (Fsp3) is 0.533. The smallest absolute Gasteiger partial charge is 0.254 e. The Morgan fingerprint density at radius 3 is 2.95 bits per heavy atom. The van der Waals surface area contributed by atoms with E-state index in [0.29, 0.717) is 5.56 Å². The van der Waals surface area contributed by atoms with Gasteiger partial charge in [-0.2, -0.15) is 0 Å². The number of benzene rings is 1. The van der Waals surface area contributed by atoms with Gasteiger partial charge in [0.15, 0.2) is 0 Å². The van der Waals surface area contributed by atoms with Crippen molar-refractivity contribution in [2.45, 2.75) is 32.7 Å². The summed E-state index contributed by atoms with van der Waals surface area (Å²) < 4.78 is 13.4. The average molecular weight is 264 g/mol. The van der Waals surface area contributed by atoms with Gasteiger partial charge in [0.2, 0.25) is 0 Å². The standard InChI is InChI=1S/C15H21FN2O/c1-3-8-18(13-6-7-17-10-13)15(19)14-9-12(16)5-4-11(14)2/h4-5,9,13,17H,3,6-8,10H2,1-2H3. The lowest BCUT2D eigenvalue weighted by molar-refractivity contribution is 0.0691. The first-order valence-corrected chi connectivity index (χ1v) is 6.91. The molecule has 0 radical (unpaired) electrons. The van der Waals surface area contributed by atoms with Crippen molar-refractivity contribution >= 4 is 5.91 Å². The number of hydrogen-bond donors (Lipinski definition) is 1. The van der Waals surface area contributed by atoms with E-state index < -0.39 is 0 Å². The van der Waals surface area contributed by atoms with E-state index in [1.165, 1.54) is 12.1 Å². The van der Waals surface area contributed by atoms with Crippen molar-refractivity contribution in [3.8, 4) is 0 Å². The highest BCUT2D eigenvalue weighted by Gasteiger charge is 2.27. The number of hydrogen-bond acceptors (Lipinski definition) is 2. The van der Waals surface area contributed by atoms with Crippen LogP contribution in [0.3, 0.4) is 0 Å². The predicted octanol–water partition coefficient (Wildman–Crippen LogP) is 2.35. The van der Waals surface area contributed by atoms with Crippen LogP contribution in [0.25, 0.3) is 0 Å². The van der Waals surface area contributed by atoms with Gasteiger partial charge in [-0.05, 0) is 44.0 Å². The molecule has 19 heavy (non-hydrogen) atoms. The molecule has 4 heteroatoms. The van der Waals surface area contributed by atoms with Crippen LogP contribution in [0.4, 0.5) is 4.39 Å². The molecule has 1 fully saturated rings. The molecule has 3 nitrogen and oxygen atoms in total. The second-order valence-electron chi connectivity index (χ2n) is 5.10. The maximum Gasteiger partial charge on any atom is 0.254 e. The summed E-state index contributed by atoms with van der Waals surface area (Å²) in [5, 5.41) is 3.28. The lowest BCUT2D eigenvalue weighted by atomic mass is 10.1. The van der Waals surface area contributed by atoms with Gasteiger partial charge in [-0.25, -0.2) is 4.39 Å². The van der Waals surface area contributed by atoms with E-state index in [-0.39, 0.29) is 17.8 Å². The van der Waals surface area contributed by atoms with E-state index in [4.69, 9.17) is 0 Å². The Kier molecular flexibility index (Phi) is 4.53. The SMILES string of the molecule is CCCN(C(=O)c1cc(F)ccc1C)C1CCNC1. The van der Waals surface area contributed by atoms with E-state index >= 15 is 0 Å². The van der Waals surface area contributed by atoms with E-state index in [0.717, 1.165) is 38.0 Å². The van der Waals surface area contributed by atoms with Gasteiger partial charge >= 0.3 is 0 Å². The molecule has 0 aromatic heterocycles. The van der Waals surface area contributed by atoms with Gasteiger partial charge in [-0.3, -0.25) is 4.79 Å². The highest BCUT2D eigenvalue weighted by molar-refractivity contribution is 5.95. The van der Waals surface area contributed by atoms with E-state index in [2.05, 4.69) is 12.2 Å². The zero-order valence-electron chi connectivity index (χ0n) is 11.6. The van der Waals surface area contributed by atoms with Gasteiger partial charge in [0.1, 0.15) is 5.82 Å².